The molecule has 1 amide bonds. The lowest BCUT2D eigenvalue weighted by atomic mass is 10.2. The van der Waals surface area contributed by atoms with Crippen LogP contribution in [-0.4, -0.2) is 48.1 Å². The highest BCUT2D eigenvalue weighted by molar-refractivity contribution is 7.23. The molecule has 2 aromatic heterocycles. The van der Waals surface area contributed by atoms with E-state index in [9.17, 15) is 4.79 Å². The zero-order chi connectivity index (χ0) is 18.0. The summed E-state index contributed by atoms with van der Waals surface area (Å²) in [5.74, 6) is -0.0454. The number of hydrogen-bond acceptors (Lipinski definition) is 6. The van der Waals surface area contributed by atoms with Gasteiger partial charge in [-0.15, -0.1) is 12.4 Å². The number of fused-ring (bicyclic) bond motifs is 1. The average Bonchev–Trinajstić information content (AvgIpc) is 3.24. The molecule has 0 aliphatic rings. The summed E-state index contributed by atoms with van der Waals surface area (Å²) in [7, 11) is 4.01. The molecular formula is C17H20Cl2N4O2S. The van der Waals surface area contributed by atoms with E-state index in [1.807, 2.05) is 33.2 Å². The van der Waals surface area contributed by atoms with Gasteiger partial charge in [-0.3, -0.25) is 9.69 Å². The quantitative estimate of drug-likeness (QED) is 0.602. The molecule has 0 spiro atoms. The molecule has 0 aliphatic carbocycles. The fourth-order valence-electron chi connectivity index (χ4n) is 2.49. The molecule has 0 fully saturated rings. The summed E-state index contributed by atoms with van der Waals surface area (Å²) >= 11 is 7.72. The molecule has 0 unspecified atom stereocenters. The standard InChI is InChI=1S/C17H19ClN4O2S.ClH/c1-11-5-6-12(18)15-14(11)20-17(25-15)22(10-4-9-21(2)3)16(23)13-7-8-19-24-13;/h5-8H,4,9-10H2,1-3H3;1H. The number of hydrogen-bond donors (Lipinski definition) is 0. The molecule has 0 N–H and O–H groups in total. The van der Waals surface area contributed by atoms with Crippen molar-refractivity contribution < 1.29 is 9.32 Å². The summed E-state index contributed by atoms with van der Waals surface area (Å²) in [5.41, 5.74) is 1.86. The summed E-state index contributed by atoms with van der Waals surface area (Å²) < 4.78 is 5.93. The first-order chi connectivity index (χ1) is 12.0. The molecule has 140 valence electrons. The average molecular weight is 415 g/mol. The van der Waals surface area contributed by atoms with Crippen LogP contribution in [0.1, 0.15) is 22.5 Å². The third-order valence-electron chi connectivity index (χ3n) is 3.80. The minimum atomic E-state index is -0.246. The maximum absolute atomic E-state index is 12.8. The number of amides is 1. The van der Waals surface area contributed by atoms with Crippen LogP contribution in [0.4, 0.5) is 5.13 Å². The number of anilines is 1. The lowest BCUT2D eigenvalue weighted by Gasteiger charge is -2.19. The predicted molar refractivity (Wildman–Crippen MR) is 108 cm³/mol. The molecule has 0 bridgehead atoms. The van der Waals surface area contributed by atoms with Crippen molar-refractivity contribution in [1.82, 2.24) is 15.0 Å². The number of carbonyl (C=O) groups excluding carboxylic acids is 1. The zero-order valence-electron chi connectivity index (χ0n) is 14.7. The molecule has 0 radical (unpaired) electrons. The van der Waals surface area contributed by atoms with Crippen molar-refractivity contribution in [3.63, 3.8) is 0 Å². The van der Waals surface area contributed by atoms with Crippen LogP contribution >= 0.6 is 35.3 Å². The molecule has 3 rings (SSSR count). The number of halogens is 2. The van der Waals surface area contributed by atoms with Gasteiger partial charge in [0, 0.05) is 12.6 Å². The summed E-state index contributed by atoms with van der Waals surface area (Å²) in [4.78, 5) is 21.2. The van der Waals surface area contributed by atoms with Crippen LogP contribution in [0.25, 0.3) is 10.2 Å². The fourth-order valence-corrected chi connectivity index (χ4v) is 3.84. The number of rotatable bonds is 6. The second kappa shape index (κ2) is 8.81. The first-order valence-corrected chi connectivity index (χ1v) is 9.09. The summed E-state index contributed by atoms with van der Waals surface area (Å²) in [6.45, 7) is 3.38. The van der Waals surface area contributed by atoms with Crippen molar-refractivity contribution in [3.8, 4) is 0 Å². The van der Waals surface area contributed by atoms with Crippen molar-refractivity contribution >= 4 is 56.6 Å². The minimum absolute atomic E-state index is 0. The molecular weight excluding hydrogens is 395 g/mol. The summed E-state index contributed by atoms with van der Waals surface area (Å²) in [5, 5.41) is 4.89. The Bertz CT molecular complexity index is 841. The minimum Gasteiger partial charge on any atom is -0.351 e. The Morgan fingerprint density at radius 2 is 2.04 bits per heavy atom. The van der Waals surface area contributed by atoms with Gasteiger partial charge in [0.1, 0.15) is 0 Å². The third-order valence-corrected chi connectivity index (χ3v) is 5.34. The van der Waals surface area contributed by atoms with Gasteiger partial charge in [-0.25, -0.2) is 4.98 Å². The van der Waals surface area contributed by atoms with Crippen LogP contribution in [0.2, 0.25) is 5.02 Å². The van der Waals surface area contributed by atoms with Gasteiger partial charge in [0.05, 0.1) is 21.4 Å². The van der Waals surface area contributed by atoms with E-state index in [0.29, 0.717) is 16.7 Å². The van der Waals surface area contributed by atoms with Crippen molar-refractivity contribution in [2.24, 2.45) is 0 Å². The van der Waals surface area contributed by atoms with Crippen molar-refractivity contribution in [1.29, 1.82) is 0 Å². The molecule has 9 heteroatoms. The van der Waals surface area contributed by atoms with E-state index in [0.717, 1.165) is 28.7 Å². The van der Waals surface area contributed by atoms with Gasteiger partial charge < -0.3 is 9.42 Å². The van der Waals surface area contributed by atoms with Crippen molar-refractivity contribution in [2.75, 3.05) is 32.1 Å². The Morgan fingerprint density at radius 3 is 2.65 bits per heavy atom. The zero-order valence-corrected chi connectivity index (χ0v) is 17.1. The van der Waals surface area contributed by atoms with Gasteiger partial charge >= 0.3 is 0 Å². The lowest BCUT2D eigenvalue weighted by molar-refractivity contribution is 0.0950. The number of carbonyl (C=O) groups is 1. The van der Waals surface area contributed by atoms with Crippen LogP contribution in [0.15, 0.2) is 28.9 Å². The second-order valence-electron chi connectivity index (χ2n) is 6.03. The first-order valence-electron chi connectivity index (χ1n) is 7.90. The van der Waals surface area contributed by atoms with E-state index in [2.05, 4.69) is 15.0 Å². The van der Waals surface area contributed by atoms with Gasteiger partial charge in [-0.1, -0.05) is 34.2 Å². The highest BCUT2D eigenvalue weighted by Gasteiger charge is 2.24. The molecule has 1 aromatic carbocycles. The van der Waals surface area contributed by atoms with Crippen molar-refractivity contribution in [2.45, 2.75) is 13.3 Å². The lowest BCUT2D eigenvalue weighted by Crippen LogP contribution is -2.33. The van der Waals surface area contributed by atoms with Gasteiger partial charge in [-0.05, 0) is 45.6 Å². The van der Waals surface area contributed by atoms with Crippen LogP contribution < -0.4 is 4.90 Å². The van der Waals surface area contributed by atoms with E-state index >= 15 is 0 Å². The van der Waals surface area contributed by atoms with Gasteiger partial charge in [0.15, 0.2) is 5.13 Å². The molecule has 3 aromatic rings. The van der Waals surface area contributed by atoms with E-state index < -0.39 is 0 Å². The second-order valence-corrected chi connectivity index (χ2v) is 7.41. The molecule has 26 heavy (non-hydrogen) atoms. The highest BCUT2D eigenvalue weighted by atomic mass is 35.5. The Balaban J connectivity index is 0.00000243. The SMILES string of the molecule is Cc1ccc(Cl)c2sc(N(CCCN(C)C)C(=O)c3ccno3)nc12.Cl. The summed E-state index contributed by atoms with van der Waals surface area (Å²) in [6.07, 6.45) is 2.28. The predicted octanol–water partition coefficient (Wildman–Crippen LogP) is 4.27. The van der Waals surface area contributed by atoms with E-state index in [-0.39, 0.29) is 24.1 Å². The number of benzene rings is 1. The normalized spacial score (nSPS) is 11.0. The third kappa shape index (κ3) is 4.35. The van der Waals surface area contributed by atoms with Crippen LogP contribution in [0.3, 0.4) is 0 Å². The Hall–Kier alpha value is -1.67. The Labute approximate surface area is 167 Å². The maximum Gasteiger partial charge on any atom is 0.298 e. The molecule has 2 heterocycles. The topological polar surface area (TPSA) is 62.5 Å². The van der Waals surface area contributed by atoms with Gasteiger partial charge in [-0.2, -0.15) is 0 Å². The summed E-state index contributed by atoms with van der Waals surface area (Å²) in [6, 6.07) is 5.35. The maximum atomic E-state index is 12.8. The molecule has 6 nitrogen and oxygen atoms in total. The van der Waals surface area contributed by atoms with Crippen LogP contribution in [0.5, 0.6) is 0 Å². The largest absolute Gasteiger partial charge is 0.351 e. The van der Waals surface area contributed by atoms with E-state index in [4.69, 9.17) is 16.1 Å². The molecule has 0 aliphatic heterocycles. The monoisotopic (exact) mass is 414 g/mol. The van der Waals surface area contributed by atoms with Crippen LogP contribution in [0, 0.1) is 6.92 Å². The highest BCUT2D eigenvalue weighted by Crippen LogP contribution is 2.36. The smallest absolute Gasteiger partial charge is 0.298 e. The molecule has 0 atom stereocenters. The Kier molecular flexibility index (Phi) is 7.00. The molecule has 0 saturated heterocycles. The Morgan fingerprint density at radius 1 is 1.27 bits per heavy atom. The van der Waals surface area contributed by atoms with Crippen LogP contribution in [-0.2, 0) is 0 Å². The number of aryl methyl sites for hydroxylation is 1. The fraction of sp³-hybridized carbons (Fsp3) is 0.353. The van der Waals surface area contributed by atoms with Crippen molar-refractivity contribution in [3.05, 3.63) is 40.7 Å². The number of nitrogens with zero attached hydrogens (tertiary/aromatic N) is 4. The number of aromatic nitrogens is 2. The first kappa shape index (κ1) is 20.6. The van der Waals surface area contributed by atoms with Gasteiger partial charge in [0.2, 0.25) is 5.76 Å². The molecule has 0 saturated carbocycles. The van der Waals surface area contributed by atoms with E-state index in [1.165, 1.54) is 17.5 Å². The van der Waals surface area contributed by atoms with Gasteiger partial charge in [0.25, 0.3) is 5.91 Å². The van der Waals surface area contributed by atoms with E-state index in [1.54, 1.807) is 11.0 Å². The number of thiazole rings is 1.